The quantitative estimate of drug-likeness (QED) is 0.647. The third kappa shape index (κ3) is 5.01. The molecule has 0 bridgehead atoms. The van der Waals surface area contributed by atoms with Crippen molar-refractivity contribution in [3.05, 3.63) is 40.7 Å². The molecule has 0 spiro atoms. The van der Waals surface area contributed by atoms with Crippen LogP contribution in [0.3, 0.4) is 0 Å². The number of methoxy groups -OCH3 is 3. The Morgan fingerprint density at radius 1 is 0.966 bits per heavy atom. The van der Waals surface area contributed by atoms with Crippen molar-refractivity contribution in [2.45, 2.75) is 33.9 Å². The fraction of sp³-hybridized carbons (Fsp3) is 0.429. The van der Waals surface area contributed by atoms with Crippen molar-refractivity contribution < 1.29 is 28.5 Å². The van der Waals surface area contributed by atoms with Gasteiger partial charge in [-0.15, -0.1) is 0 Å². The summed E-state index contributed by atoms with van der Waals surface area (Å²) in [7, 11) is 4.59. The first-order valence-electron chi connectivity index (χ1n) is 9.25. The van der Waals surface area contributed by atoms with Gasteiger partial charge in [-0.25, -0.2) is 4.79 Å². The molecule has 0 aliphatic rings. The largest absolute Gasteiger partial charge is 0.496 e. The molecule has 1 heterocycles. The molecule has 8 heteroatoms. The van der Waals surface area contributed by atoms with Gasteiger partial charge >= 0.3 is 5.97 Å². The van der Waals surface area contributed by atoms with Crippen LogP contribution in [0.2, 0.25) is 0 Å². The zero-order valence-electron chi connectivity index (χ0n) is 17.8. The van der Waals surface area contributed by atoms with Gasteiger partial charge in [0, 0.05) is 36.1 Å². The van der Waals surface area contributed by atoms with Crippen molar-refractivity contribution in [1.82, 2.24) is 9.88 Å². The van der Waals surface area contributed by atoms with Crippen LogP contribution in [-0.4, -0.2) is 44.4 Å². The van der Waals surface area contributed by atoms with E-state index >= 15 is 0 Å². The lowest BCUT2D eigenvalue weighted by atomic mass is 10.1. The zero-order valence-corrected chi connectivity index (χ0v) is 17.8. The second-order valence-electron chi connectivity index (χ2n) is 6.40. The van der Waals surface area contributed by atoms with Crippen molar-refractivity contribution in [2.24, 2.45) is 0 Å². The Morgan fingerprint density at radius 3 is 2.14 bits per heavy atom. The summed E-state index contributed by atoms with van der Waals surface area (Å²) in [6.45, 7) is 6.37. The van der Waals surface area contributed by atoms with E-state index in [-0.39, 0.29) is 13.2 Å². The molecule has 29 heavy (non-hydrogen) atoms. The number of amides is 1. The van der Waals surface area contributed by atoms with Gasteiger partial charge in [0.05, 0.1) is 26.9 Å². The number of nitrogens with one attached hydrogen (secondary N) is 1. The third-order valence-corrected chi connectivity index (χ3v) is 4.71. The van der Waals surface area contributed by atoms with E-state index in [0.717, 1.165) is 17.9 Å². The highest BCUT2D eigenvalue weighted by Crippen LogP contribution is 2.34. The second kappa shape index (κ2) is 9.86. The average Bonchev–Trinajstić information content (AvgIpc) is 3.02. The van der Waals surface area contributed by atoms with Crippen LogP contribution in [0.15, 0.2) is 18.2 Å². The Morgan fingerprint density at radius 2 is 1.59 bits per heavy atom. The summed E-state index contributed by atoms with van der Waals surface area (Å²) < 4.78 is 23.0. The number of aryl methyl sites for hydroxylation is 1. The highest BCUT2D eigenvalue weighted by atomic mass is 16.5. The Bertz CT molecular complexity index is 888. The standard InChI is InChI=1S/C21H28N2O6/c1-7-23-13(2)8-16(14(23)3)21(25)29-12-20(24)22-11-15-9-18(27-5)19(28-6)10-17(15)26-4/h8-10H,7,11-12H2,1-6H3,(H,22,24). The Hall–Kier alpha value is -3.16. The fourth-order valence-electron chi connectivity index (χ4n) is 3.18. The van der Waals surface area contributed by atoms with E-state index in [4.69, 9.17) is 18.9 Å². The monoisotopic (exact) mass is 404 g/mol. The van der Waals surface area contributed by atoms with Crippen LogP contribution in [0.5, 0.6) is 17.2 Å². The van der Waals surface area contributed by atoms with Gasteiger partial charge in [-0.2, -0.15) is 0 Å². The number of carbonyl (C=O) groups is 2. The molecule has 2 aromatic rings. The van der Waals surface area contributed by atoms with Crippen LogP contribution in [0.25, 0.3) is 0 Å². The molecule has 2 rings (SSSR count). The number of rotatable bonds is 9. The summed E-state index contributed by atoms with van der Waals surface area (Å²) in [5, 5.41) is 2.71. The van der Waals surface area contributed by atoms with Crippen molar-refractivity contribution in [1.29, 1.82) is 0 Å². The zero-order chi connectivity index (χ0) is 21.6. The number of esters is 1. The van der Waals surface area contributed by atoms with Gasteiger partial charge in [0.25, 0.3) is 5.91 Å². The van der Waals surface area contributed by atoms with Gasteiger partial charge in [0.1, 0.15) is 5.75 Å². The molecule has 0 aliphatic carbocycles. The number of hydrogen-bond donors (Lipinski definition) is 1. The number of hydrogen-bond acceptors (Lipinski definition) is 6. The van der Waals surface area contributed by atoms with Crippen molar-refractivity contribution in [3.8, 4) is 17.2 Å². The SMILES string of the molecule is CCn1c(C)cc(C(=O)OCC(=O)NCc2cc(OC)c(OC)cc2OC)c1C. The summed E-state index contributed by atoms with van der Waals surface area (Å²) in [5.41, 5.74) is 2.97. The van der Waals surface area contributed by atoms with E-state index in [1.54, 1.807) is 18.2 Å². The number of benzene rings is 1. The minimum Gasteiger partial charge on any atom is -0.496 e. The molecule has 1 aromatic carbocycles. The van der Waals surface area contributed by atoms with E-state index in [0.29, 0.717) is 28.4 Å². The summed E-state index contributed by atoms with van der Waals surface area (Å²) in [6.07, 6.45) is 0. The Balaban J connectivity index is 1.97. The van der Waals surface area contributed by atoms with E-state index in [1.807, 2.05) is 25.3 Å². The maximum absolute atomic E-state index is 12.3. The minimum atomic E-state index is -0.517. The van der Waals surface area contributed by atoms with Crippen molar-refractivity contribution >= 4 is 11.9 Å². The molecule has 0 radical (unpaired) electrons. The smallest absolute Gasteiger partial charge is 0.340 e. The van der Waals surface area contributed by atoms with E-state index in [1.165, 1.54) is 21.3 Å². The second-order valence-corrected chi connectivity index (χ2v) is 6.40. The van der Waals surface area contributed by atoms with Crippen LogP contribution in [0, 0.1) is 13.8 Å². The van der Waals surface area contributed by atoms with Crippen LogP contribution in [0.1, 0.15) is 34.2 Å². The maximum atomic E-state index is 12.3. The molecule has 0 saturated carbocycles. The highest BCUT2D eigenvalue weighted by molar-refractivity contribution is 5.92. The molecule has 0 atom stereocenters. The van der Waals surface area contributed by atoms with E-state index < -0.39 is 11.9 Å². The number of ether oxygens (including phenoxy) is 4. The highest BCUT2D eigenvalue weighted by Gasteiger charge is 2.18. The van der Waals surface area contributed by atoms with Gasteiger partial charge in [-0.05, 0) is 32.9 Å². The van der Waals surface area contributed by atoms with E-state index in [2.05, 4.69) is 5.32 Å². The van der Waals surface area contributed by atoms with Gasteiger partial charge in [-0.3, -0.25) is 4.79 Å². The summed E-state index contributed by atoms with van der Waals surface area (Å²) >= 11 is 0. The average molecular weight is 404 g/mol. The first kappa shape index (κ1) is 22.1. The summed E-state index contributed by atoms with van der Waals surface area (Å²) in [4.78, 5) is 24.5. The first-order chi connectivity index (χ1) is 13.9. The summed E-state index contributed by atoms with van der Waals surface area (Å²) in [5.74, 6) is 0.663. The van der Waals surface area contributed by atoms with Gasteiger partial charge in [0.2, 0.25) is 0 Å². The lowest BCUT2D eigenvalue weighted by Crippen LogP contribution is -2.28. The minimum absolute atomic E-state index is 0.185. The van der Waals surface area contributed by atoms with Crippen molar-refractivity contribution in [2.75, 3.05) is 27.9 Å². The molecule has 0 fully saturated rings. The van der Waals surface area contributed by atoms with Crippen LogP contribution in [-0.2, 0) is 22.6 Å². The predicted molar refractivity (Wildman–Crippen MR) is 108 cm³/mol. The fourth-order valence-corrected chi connectivity index (χ4v) is 3.18. The number of carbonyl (C=O) groups excluding carboxylic acids is 2. The van der Waals surface area contributed by atoms with Crippen molar-refractivity contribution in [3.63, 3.8) is 0 Å². The Kier molecular flexibility index (Phi) is 7.52. The number of nitrogens with zero attached hydrogens (tertiary/aromatic N) is 1. The van der Waals surface area contributed by atoms with Gasteiger partial charge in [-0.1, -0.05) is 0 Å². The van der Waals surface area contributed by atoms with Crippen LogP contribution < -0.4 is 19.5 Å². The van der Waals surface area contributed by atoms with Gasteiger partial charge in [0.15, 0.2) is 18.1 Å². The maximum Gasteiger partial charge on any atom is 0.340 e. The Labute approximate surface area is 170 Å². The molecule has 0 aliphatic heterocycles. The van der Waals surface area contributed by atoms with Gasteiger partial charge < -0.3 is 28.8 Å². The topological polar surface area (TPSA) is 88.0 Å². The molecule has 158 valence electrons. The molecular weight excluding hydrogens is 376 g/mol. The molecule has 0 unspecified atom stereocenters. The number of aromatic nitrogens is 1. The normalized spacial score (nSPS) is 10.4. The molecule has 1 aromatic heterocycles. The molecule has 8 nitrogen and oxygen atoms in total. The molecule has 0 saturated heterocycles. The third-order valence-electron chi connectivity index (χ3n) is 4.71. The van der Waals surface area contributed by atoms with E-state index in [9.17, 15) is 9.59 Å². The first-order valence-corrected chi connectivity index (χ1v) is 9.25. The lowest BCUT2D eigenvalue weighted by molar-refractivity contribution is -0.124. The molecular formula is C21H28N2O6. The predicted octanol–water partition coefficient (Wildman–Crippen LogP) is 2.62. The molecule has 1 amide bonds. The van der Waals surface area contributed by atoms with Crippen LogP contribution in [0.4, 0.5) is 0 Å². The molecule has 1 N–H and O–H groups in total. The van der Waals surface area contributed by atoms with Crippen LogP contribution >= 0.6 is 0 Å². The summed E-state index contributed by atoms with van der Waals surface area (Å²) in [6, 6.07) is 5.18. The lowest BCUT2D eigenvalue weighted by Gasteiger charge is -2.14.